The van der Waals surface area contributed by atoms with E-state index in [2.05, 4.69) is 10.3 Å². The SMILES string of the molecule is COC(=O)c1nn(-c2ccccc2)c(Sc2ccc(OC)cc2)c1C=NO. The molecule has 1 heterocycles. The molecular weight excluding hydrogens is 366 g/mol. The van der Waals surface area contributed by atoms with Gasteiger partial charge in [-0.15, -0.1) is 0 Å². The van der Waals surface area contributed by atoms with Crippen molar-refractivity contribution in [2.75, 3.05) is 14.2 Å². The number of rotatable bonds is 6. The van der Waals surface area contributed by atoms with Crippen LogP contribution in [0.1, 0.15) is 16.1 Å². The highest BCUT2D eigenvalue weighted by atomic mass is 32.2. The fourth-order valence-corrected chi connectivity index (χ4v) is 3.42. The summed E-state index contributed by atoms with van der Waals surface area (Å²) in [7, 11) is 2.88. The summed E-state index contributed by atoms with van der Waals surface area (Å²) >= 11 is 1.38. The van der Waals surface area contributed by atoms with E-state index >= 15 is 0 Å². The Hall–Kier alpha value is -3.26. The highest BCUT2D eigenvalue weighted by molar-refractivity contribution is 7.99. The average Bonchev–Trinajstić information content (AvgIpc) is 3.07. The highest BCUT2D eigenvalue weighted by Crippen LogP contribution is 2.34. The van der Waals surface area contributed by atoms with Crippen molar-refractivity contribution >= 4 is 23.9 Å². The van der Waals surface area contributed by atoms with Gasteiger partial charge in [0.25, 0.3) is 0 Å². The molecule has 2 aromatic carbocycles. The number of benzene rings is 2. The van der Waals surface area contributed by atoms with Crippen LogP contribution in [-0.4, -0.2) is 41.4 Å². The topological polar surface area (TPSA) is 85.9 Å². The lowest BCUT2D eigenvalue weighted by atomic mass is 10.2. The molecule has 0 amide bonds. The first-order chi connectivity index (χ1) is 13.2. The van der Waals surface area contributed by atoms with E-state index in [0.29, 0.717) is 10.6 Å². The molecule has 0 atom stereocenters. The van der Waals surface area contributed by atoms with E-state index in [1.807, 2.05) is 54.6 Å². The number of para-hydroxylation sites is 1. The quantitative estimate of drug-likeness (QED) is 0.303. The monoisotopic (exact) mass is 383 g/mol. The summed E-state index contributed by atoms with van der Waals surface area (Å²) in [5.74, 6) is 0.125. The van der Waals surface area contributed by atoms with Gasteiger partial charge in [0.05, 0.1) is 31.7 Å². The standard InChI is InChI=1S/C19H17N3O4S/c1-25-14-8-10-15(11-9-14)27-18-16(12-20-24)17(19(23)26-2)21-22(18)13-6-4-3-5-7-13/h3-12,24H,1-2H3. The Bertz CT molecular complexity index is 953. The molecule has 7 nitrogen and oxygen atoms in total. The van der Waals surface area contributed by atoms with Crippen LogP contribution >= 0.6 is 11.8 Å². The van der Waals surface area contributed by atoms with E-state index in [9.17, 15) is 4.79 Å². The summed E-state index contributed by atoms with van der Waals surface area (Å²) in [5.41, 5.74) is 1.19. The summed E-state index contributed by atoms with van der Waals surface area (Å²) in [4.78, 5) is 13.1. The fourth-order valence-electron chi connectivity index (χ4n) is 2.43. The van der Waals surface area contributed by atoms with Gasteiger partial charge < -0.3 is 14.7 Å². The van der Waals surface area contributed by atoms with Crippen LogP contribution in [0, 0.1) is 0 Å². The number of methoxy groups -OCH3 is 2. The van der Waals surface area contributed by atoms with Gasteiger partial charge in [-0.3, -0.25) is 0 Å². The van der Waals surface area contributed by atoms with Crippen molar-refractivity contribution in [2.24, 2.45) is 5.16 Å². The summed E-state index contributed by atoms with van der Waals surface area (Å²) < 4.78 is 11.6. The van der Waals surface area contributed by atoms with E-state index in [4.69, 9.17) is 14.7 Å². The lowest BCUT2D eigenvalue weighted by Gasteiger charge is -2.08. The normalized spacial score (nSPS) is 10.9. The van der Waals surface area contributed by atoms with E-state index < -0.39 is 5.97 Å². The Kier molecular flexibility index (Phi) is 5.77. The molecule has 3 rings (SSSR count). The number of oxime groups is 1. The third kappa shape index (κ3) is 3.95. The average molecular weight is 383 g/mol. The number of hydrogen-bond donors (Lipinski definition) is 1. The van der Waals surface area contributed by atoms with Crippen molar-refractivity contribution in [1.82, 2.24) is 9.78 Å². The van der Waals surface area contributed by atoms with E-state index in [0.717, 1.165) is 16.3 Å². The molecule has 0 bridgehead atoms. The Labute approximate surface area is 160 Å². The summed E-state index contributed by atoms with van der Waals surface area (Å²) in [5, 5.41) is 17.2. The van der Waals surface area contributed by atoms with Gasteiger partial charge in [-0.2, -0.15) is 5.10 Å². The molecular formula is C19H17N3O4S. The maximum Gasteiger partial charge on any atom is 0.359 e. The Morgan fingerprint density at radius 2 is 1.85 bits per heavy atom. The van der Waals surface area contributed by atoms with E-state index in [1.165, 1.54) is 25.1 Å². The minimum atomic E-state index is -0.615. The van der Waals surface area contributed by atoms with Crippen LogP contribution in [0.4, 0.5) is 0 Å². The minimum Gasteiger partial charge on any atom is -0.497 e. The number of esters is 1. The number of ether oxygens (including phenoxy) is 2. The van der Waals surface area contributed by atoms with Crippen LogP contribution in [0.2, 0.25) is 0 Å². The van der Waals surface area contributed by atoms with Crippen molar-refractivity contribution in [3.8, 4) is 11.4 Å². The predicted molar refractivity (Wildman–Crippen MR) is 101 cm³/mol. The molecule has 1 N–H and O–H groups in total. The summed E-state index contributed by atoms with van der Waals surface area (Å²) in [6, 6.07) is 16.8. The smallest absolute Gasteiger partial charge is 0.359 e. The summed E-state index contributed by atoms with van der Waals surface area (Å²) in [6.07, 6.45) is 1.19. The second-order valence-electron chi connectivity index (χ2n) is 5.33. The molecule has 0 spiro atoms. The van der Waals surface area contributed by atoms with Gasteiger partial charge in [0.15, 0.2) is 5.69 Å². The van der Waals surface area contributed by atoms with Crippen LogP contribution in [0.15, 0.2) is 69.7 Å². The van der Waals surface area contributed by atoms with Crippen molar-refractivity contribution in [3.63, 3.8) is 0 Å². The molecule has 0 saturated carbocycles. The first-order valence-electron chi connectivity index (χ1n) is 7.94. The molecule has 8 heteroatoms. The Morgan fingerprint density at radius 1 is 1.15 bits per heavy atom. The minimum absolute atomic E-state index is 0.0650. The third-order valence-electron chi connectivity index (χ3n) is 3.72. The van der Waals surface area contributed by atoms with Crippen LogP contribution in [0.5, 0.6) is 5.75 Å². The largest absolute Gasteiger partial charge is 0.497 e. The first kappa shape index (κ1) is 18.5. The molecule has 3 aromatic rings. The number of aromatic nitrogens is 2. The lowest BCUT2D eigenvalue weighted by molar-refractivity contribution is 0.0593. The van der Waals surface area contributed by atoms with Gasteiger partial charge in [0, 0.05) is 4.90 Å². The van der Waals surface area contributed by atoms with Crippen molar-refractivity contribution < 1.29 is 19.5 Å². The zero-order valence-corrected chi connectivity index (χ0v) is 15.5. The van der Waals surface area contributed by atoms with E-state index in [1.54, 1.807) is 11.8 Å². The number of hydrogen-bond acceptors (Lipinski definition) is 7. The summed E-state index contributed by atoms with van der Waals surface area (Å²) in [6.45, 7) is 0. The van der Waals surface area contributed by atoms with Crippen molar-refractivity contribution in [3.05, 3.63) is 65.9 Å². The molecule has 0 aliphatic carbocycles. The molecule has 1 aromatic heterocycles. The fraction of sp³-hybridized carbons (Fsp3) is 0.105. The molecule has 0 radical (unpaired) electrons. The zero-order chi connectivity index (χ0) is 19.2. The molecule has 0 saturated heterocycles. The van der Waals surface area contributed by atoms with Gasteiger partial charge in [0.1, 0.15) is 10.8 Å². The second kappa shape index (κ2) is 8.41. The maximum absolute atomic E-state index is 12.2. The van der Waals surface area contributed by atoms with Gasteiger partial charge in [-0.25, -0.2) is 9.48 Å². The number of carbonyl (C=O) groups excluding carboxylic acids is 1. The number of nitrogens with zero attached hydrogens (tertiary/aromatic N) is 3. The van der Waals surface area contributed by atoms with Gasteiger partial charge in [-0.05, 0) is 36.4 Å². The molecule has 0 fully saturated rings. The lowest BCUT2D eigenvalue weighted by Crippen LogP contribution is -2.06. The van der Waals surface area contributed by atoms with E-state index in [-0.39, 0.29) is 5.69 Å². The predicted octanol–water partition coefficient (Wildman–Crippen LogP) is 3.63. The molecule has 0 aliphatic heterocycles. The van der Waals surface area contributed by atoms with Gasteiger partial charge in [-0.1, -0.05) is 35.1 Å². The van der Waals surface area contributed by atoms with Crippen LogP contribution in [0.3, 0.4) is 0 Å². The van der Waals surface area contributed by atoms with Gasteiger partial charge in [0.2, 0.25) is 0 Å². The third-order valence-corrected chi connectivity index (χ3v) is 4.81. The van der Waals surface area contributed by atoms with Gasteiger partial charge >= 0.3 is 5.97 Å². The Morgan fingerprint density at radius 3 is 2.44 bits per heavy atom. The maximum atomic E-state index is 12.2. The second-order valence-corrected chi connectivity index (χ2v) is 6.39. The van der Waals surface area contributed by atoms with Crippen LogP contribution in [-0.2, 0) is 4.74 Å². The molecule has 138 valence electrons. The molecule has 27 heavy (non-hydrogen) atoms. The van der Waals surface area contributed by atoms with Crippen molar-refractivity contribution in [2.45, 2.75) is 9.92 Å². The Balaban J connectivity index is 2.15. The van der Waals surface area contributed by atoms with Crippen LogP contribution < -0.4 is 4.74 Å². The first-order valence-corrected chi connectivity index (χ1v) is 8.75. The zero-order valence-electron chi connectivity index (χ0n) is 14.7. The van der Waals surface area contributed by atoms with Crippen LogP contribution in [0.25, 0.3) is 5.69 Å². The number of carbonyl (C=O) groups is 1. The van der Waals surface area contributed by atoms with Crippen molar-refractivity contribution in [1.29, 1.82) is 0 Å². The molecule has 0 unspecified atom stereocenters. The highest BCUT2D eigenvalue weighted by Gasteiger charge is 2.24. The molecule has 0 aliphatic rings.